The number of fused-ring (bicyclic) bond motifs is 1. The Morgan fingerprint density at radius 2 is 1.83 bits per heavy atom. The molecule has 0 aliphatic carbocycles. The van der Waals surface area contributed by atoms with Crippen molar-refractivity contribution < 1.29 is 19.4 Å². The molecule has 0 unspecified atom stereocenters. The molecule has 1 N–H and O–H groups in total. The van der Waals surface area contributed by atoms with Crippen molar-refractivity contribution in [2.24, 2.45) is 0 Å². The van der Waals surface area contributed by atoms with Crippen molar-refractivity contribution in [3.8, 4) is 5.75 Å². The van der Waals surface area contributed by atoms with E-state index in [1.807, 2.05) is 72.4 Å². The van der Waals surface area contributed by atoms with Crippen LogP contribution in [0.4, 0.5) is 4.79 Å². The minimum Gasteiger partial charge on any atom is -0.483 e. The van der Waals surface area contributed by atoms with Gasteiger partial charge >= 0.3 is 6.09 Å². The number of rotatable bonds is 8. The molecule has 7 nitrogen and oxygen atoms in total. The van der Waals surface area contributed by atoms with Crippen LogP contribution >= 0.6 is 0 Å². The number of carbonyl (C=O) groups is 2. The molecule has 3 rings (SSSR count). The number of ether oxygens (including phenoxy) is 1. The summed E-state index contributed by atoms with van der Waals surface area (Å²) in [5.41, 5.74) is 3.00. The van der Waals surface area contributed by atoms with E-state index in [2.05, 4.69) is 0 Å². The third-order valence-electron chi connectivity index (χ3n) is 5.23. The van der Waals surface area contributed by atoms with Crippen LogP contribution in [0.15, 0.2) is 48.5 Å². The summed E-state index contributed by atoms with van der Waals surface area (Å²) in [5.74, 6) is 0.597. The van der Waals surface area contributed by atoms with E-state index >= 15 is 0 Å². The van der Waals surface area contributed by atoms with Gasteiger partial charge in [-0.15, -0.1) is 0 Å². The number of carbonyl (C=O) groups excluding carboxylic acids is 1. The van der Waals surface area contributed by atoms with Gasteiger partial charge in [0.25, 0.3) is 5.91 Å². The van der Waals surface area contributed by atoms with Gasteiger partial charge in [0.1, 0.15) is 5.75 Å². The molecule has 0 atom stereocenters. The fraction of sp³-hybridized carbons (Fsp3) is 0.391. The van der Waals surface area contributed by atoms with Gasteiger partial charge in [-0.3, -0.25) is 4.79 Å². The summed E-state index contributed by atoms with van der Waals surface area (Å²) in [5, 5.41) is 9.22. The van der Waals surface area contributed by atoms with E-state index < -0.39 is 6.09 Å². The van der Waals surface area contributed by atoms with Gasteiger partial charge in [0, 0.05) is 38.3 Å². The highest BCUT2D eigenvalue weighted by molar-refractivity contribution is 5.78. The molecular formula is C23H29N3O4. The molecule has 0 bridgehead atoms. The molecule has 0 saturated heterocycles. The van der Waals surface area contributed by atoms with Gasteiger partial charge in [0.2, 0.25) is 0 Å². The predicted octanol–water partition coefficient (Wildman–Crippen LogP) is 2.69. The molecule has 2 amide bonds. The molecule has 1 heterocycles. The van der Waals surface area contributed by atoms with Crippen molar-refractivity contribution in [3.63, 3.8) is 0 Å². The van der Waals surface area contributed by atoms with Gasteiger partial charge < -0.3 is 24.5 Å². The summed E-state index contributed by atoms with van der Waals surface area (Å²) < 4.78 is 5.92. The highest BCUT2D eigenvalue weighted by Gasteiger charge is 2.23. The molecule has 7 heteroatoms. The van der Waals surface area contributed by atoms with Crippen molar-refractivity contribution >= 4 is 12.0 Å². The van der Waals surface area contributed by atoms with Gasteiger partial charge in [0.05, 0.1) is 0 Å². The van der Waals surface area contributed by atoms with Crippen LogP contribution in [0.5, 0.6) is 5.75 Å². The van der Waals surface area contributed by atoms with E-state index in [4.69, 9.17) is 4.74 Å². The molecule has 0 fully saturated rings. The van der Waals surface area contributed by atoms with Crippen molar-refractivity contribution in [2.75, 3.05) is 40.3 Å². The van der Waals surface area contributed by atoms with Crippen molar-refractivity contribution in [1.82, 2.24) is 14.7 Å². The molecule has 2 aromatic carbocycles. The zero-order chi connectivity index (χ0) is 21.5. The zero-order valence-corrected chi connectivity index (χ0v) is 17.6. The highest BCUT2D eigenvalue weighted by Crippen LogP contribution is 2.28. The van der Waals surface area contributed by atoms with Gasteiger partial charge in [-0.2, -0.15) is 0 Å². The average Bonchev–Trinajstić information content (AvgIpc) is 2.75. The molecule has 1 aliphatic heterocycles. The minimum absolute atomic E-state index is 0.0423. The third kappa shape index (κ3) is 5.73. The van der Waals surface area contributed by atoms with E-state index in [0.29, 0.717) is 38.3 Å². The Morgan fingerprint density at radius 1 is 1.07 bits per heavy atom. The van der Waals surface area contributed by atoms with Crippen LogP contribution in [0.3, 0.4) is 0 Å². The lowest BCUT2D eigenvalue weighted by atomic mass is 9.99. The summed E-state index contributed by atoms with van der Waals surface area (Å²) in [6.07, 6.45) is -0.333. The second kappa shape index (κ2) is 10.1. The fourth-order valence-corrected chi connectivity index (χ4v) is 3.52. The van der Waals surface area contributed by atoms with E-state index in [9.17, 15) is 14.7 Å². The quantitative estimate of drug-likeness (QED) is 0.723. The Bertz CT molecular complexity index is 870. The molecule has 0 saturated carbocycles. The average molecular weight is 412 g/mol. The second-order valence-electron chi connectivity index (χ2n) is 7.74. The third-order valence-corrected chi connectivity index (χ3v) is 5.23. The van der Waals surface area contributed by atoms with E-state index in [0.717, 1.165) is 23.2 Å². The largest absolute Gasteiger partial charge is 0.483 e. The molecule has 1 aliphatic rings. The van der Waals surface area contributed by atoms with Crippen LogP contribution in [0.25, 0.3) is 0 Å². The molecule has 2 aromatic rings. The first-order valence-electron chi connectivity index (χ1n) is 10.1. The molecule has 0 spiro atoms. The van der Waals surface area contributed by atoms with Crippen LogP contribution in [0.1, 0.15) is 16.7 Å². The molecule has 0 aromatic heterocycles. The summed E-state index contributed by atoms with van der Waals surface area (Å²) in [7, 11) is 3.97. The van der Waals surface area contributed by atoms with E-state index in [-0.39, 0.29) is 12.5 Å². The maximum absolute atomic E-state index is 12.9. The maximum atomic E-state index is 12.9. The fourth-order valence-electron chi connectivity index (χ4n) is 3.52. The Balaban J connectivity index is 1.66. The SMILES string of the molecule is CN(C)CCN(Cc1ccccc1)C(=O)COc1cccc2c1CCN(C(=O)O)C2. The van der Waals surface area contributed by atoms with Crippen molar-refractivity contribution in [3.05, 3.63) is 65.2 Å². The predicted molar refractivity (Wildman–Crippen MR) is 114 cm³/mol. The normalized spacial score (nSPS) is 13.1. The number of hydrogen-bond acceptors (Lipinski definition) is 4. The van der Waals surface area contributed by atoms with Crippen molar-refractivity contribution in [1.29, 1.82) is 0 Å². The van der Waals surface area contributed by atoms with Gasteiger partial charge in [0.15, 0.2) is 6.61 Å². The van der Waals surface area contributed by atoms with Crippen LogP contribution in [0.2, 0.25) is 0 Å². The zero-order valence-electron chi connectivity index (χ0n) is 17.6. The summed E-state index contributed by atoms with van der Waals surface area (Å²) in [6, 6.07) is 15.5. The first kappa shape index (κ1) is 21.6. The minimum atomic E-state index is -0.917. The van der Waals surface area contributed by atoms with E-state index in [1.165, 1.54) is 4.90 Å². The molecular weight excluding hydrogens is 382 g/mol. The Morgan fingerprint density at radius 3 is 2.53 bits per heavy atom. The van der Waals surface area contributed by atoms with Crippen LogP contribution in [-0.2, 0) is 24.3 Å². The van der Waals surface area contributed by atoms with Gasteiger partial charge in [-0.1, -0.05) is 42.5 Å². The van der Waals surface area contributed by atoms with Crippen LogP contribution in [0, 0.1) is 0 Å². The smallest absolute Gasteiger partial charge is 0.407 e. The second-order valence-corrected chi connectivity index (χ2v) is 7.74. The standard InChI is InChI=1S/C23H29N3O4/c1-24(2)13-14-25(15-18-7-4-3-5-8-18)22(27)17-30-21-10-6-9-19-16-26(23(28)29)12-11-20(19)21/h3-10H,11-17H2,1-2H3,(H,28,29). The topological polar surface area (TPSA) is 73.3 Å². The summed E-state index contributed by atoms with van der Waals surface area (Å²) >= 11 is 0. The number of likely N-dealkylation sites (N-methyl/N-ethyl adjacent to an activating group) is 1. The van der Waals surface area contributed by atoms with Crippen LogP contribution in [-0.4, -0.2) is 72.1 Å². The Labute approximate surface area is 177 Å². The molecule has 30 heavy (non-hydrogen) atoms. The molecule has 0 radical (unpaired) electrons. The highest BCUT2D eigenvalue weighted by atomic mass is 16.5. The number of nitrogens with zero attached hydrogens (tertiary/aromatic N) is 3. The molecule has 160 valence electrons. The summed E-state index contributed by atoms with van der Waals surface area (Å²) in [6.45, 7) is 2.66. The Hall–Kier alpha value is -3.06. The number of benzene rings is 2. The van der Waals surface area contributed by atoms with Gasteiger partial charge in [-0.25, -0.2) is 4.79 Å². The maximum Gasteiger partial charge on any atom is 0.407 e. The summed E-state index contributed by atoms with van der Waals surface area (Å²) in [4.78, 5) is 29.4. The van der Waals surface area contributed by atoms with E-state index in [1.54, 1.807) is 0 Å². The van der Waals surface area contributed by atoms with Crippen molar-refractivity contribution in [2.45, 2.75) is 19.5 Å². The lowest BCUT2D eigenvalue weighted by molar-refractivity contribution is -0.134. The lowest BCUT2D eigenvalue weighted by Gasteiger charge is -2.28. The number of hydrogen-bond donors (Lipinski definition) is 1. The van der Waals surface area contributed by atoms with Gasteiger partial charge in [-0.05, 0) is 37.7 Å². The van der Waals surface area contributed by atoms with Crippen LogP contribution < -0.4 is 4.74 Å². The first-order chi connectivity index (χ1) is 14.4. The monoisotopic (exact) mass is 411 g/mol. The lowest BCUT2D eigenvalue weighted by Crippen LogP contribution is -2.39. The first-order valence-corrected chi connectivity index (χ1v) is 10.1. The Kier molecular flexibility index (Phi) is 7.30. The number of amides is 2. The number of carboxylic acid groups (broad SMARTS) is 1.